The molecule has 0 aliphatic heterocycles. The molecule has 0 aliphatic rings. The summed E-state index contributed by atoms with van der Waals surface area (Å²) in [5.74, 6) is -0.840. The normalized spacial score (nSPS) is 11.2. The Morgan fingerprint density at radius 2 is 2.20 bits per heavy atom. The highest BCUT2D eigenvalue weighted by atomic mass is 19.1. The van der Waals surface area contributed by atoms with E-state index < -0.39 is 11.4 Å². The summed E-state index contributed by atoms with van der Waals surface area (Å²) in [5.41, 5.74) is -0.603. The second-order valence-electron chi connectivity index (χ2n) is 3.68. The Kier molecular flexibility index (Phi) is 3.36. The van der Waals surface area contributed by atoms with Crippen LogP contribution in [0.2, 0.25) is 0 Å². The van der Waals surface area contributed by atoms with E-state index in [0.29, 0.717) is 0 Å². The Labute approximate surface area is 87.9 Å². The number of hydrogen-bond acceptors (Lipinski definition) is 3. The lowest BCUT2D eigenvalue weighted by atomic mass is 10.1. The number of aromatic nitrogens is 1. The van der Waals surface area contributed by atoms with E-state index in [-0.39, 0.29) is 11.6 Å². The predicted octanol–water partition coefficient (Wildman–Crippen LogP) is 1.16. The monoisotopic (exact) mass is 211 g/mol. The molecule has 0 atom stereocenters. The van der Waals surface area contributed by atoms with Crippen LogP contribution >= 0.6 is 0 Å². The molecule has 1 aromatic heterocycles. The van der Waals surface area contributed by atoms with E-state index in [1.165, 1.54) is 12.3 Å². The molecular formula is C10H14FN3O. The number of carbonyl (C=O) groups is 1. The summed E-state index contributed by atoms with van der Waals surface area (Å²) in [6.07, 6.45) is 2.48. The minimum Gasteiger partial charge on any atom is -0.322 e. The van der Waals surface area contributed by atoms with E-state index in [9.17, 15) is 9.18 Å². The van der Waals surface area contributed by atoms with Gasteiger partial charge < -0.3 is 10.6 Å². The van der Waals surface area contributed by atoms with Crippen LogP contribution in [0.4, 0.5) is 10.1 Å². The zero-order valence-electron chi connectivity index (χ0n) is 8.97. The van der Waals surface area contributed by atoms with E-state index in [2.05, 4.69) is 15.6 Å². The van der Waals surface area contributed by atoms with Crippen molar-refractivity contribution >= 4 is 11.6 Å². The van der Waals surface area contributed by atoms with Crippen molar-refractivity contribution < 1.29 is 9.18 Å². The lowest BCUT2D eigenvalue weighted by molar-refractivity contribution is -0.121. The number of pyridine rings is 1. The van der Waals surface area contributed by atoms with Gasteiger partial charge in [-0.3, -0.25) is 9.78 Å². The van der Waals surface area contributed by atoms with Gasteiger partial charge in [0.1, 0.15) is 0 Å². The Hall–Kier alpha value is -1.49. The number of hydrogen-bond donors (Lipinski definition) is 2. The lowest BCUT2D eigenvalue weighted by Gasteiger charge is -2.22. The summed E-state index contributed by atoms with van der Waals surface area (Å²) in [7, 11) is 1.67. The highest BCUT2D eigenvalue weighted by Crippen LogP contribution is 2.13. The van der Waals surface area contributed by atoms with Crippen LogP contribution in [0.5, 0.6) is 0 Å². The zero-order valence-corrected chi connectivity index (χ0v) is 8.97. The van der Waals surface area contributed by atoms with Gasteiger partial charge in [-0.25, -0.2) is 4.39 Å². The Bertz CT molecular complexity index is 365. The number of likely N-dealkylation sites (N-methyl/N-ethyl adjacent to an activating group) is 1. The molecule has 82 valence electrons. The number of anilines is 1. The van der Waals surface area contributed by atoms with Crippen LogP contribution < -0.4 is 10.6 Å². The average molecular weight is 211 g/mol. The summed E-state index contributed by atoms with van der Waals surface area (Å²) in [4.78, 5) is 15.2. The summed E-state index contributed by atoms with van der Waals surface area (Å²) in [6, 6.07) is 1.42. The third kappa shape index (κ3) is 2.73. The van der Waals surface area contributed by atoms with Crippen LogP contribution in [0.25, 0.3) is 0 Å². The third-order valence-electron chi connectivity index (χ3n) is 2.21. The predicted molar refractivity (Wildman–Crippen MR) is 56.0 cm³/mol. The van der Waals surface area contributed by atoms with Crippen molar-refractivity contribution in [1.82, 2.24) is 10.3 Å². The molecule has 0 bridgehead atoms. The maximum absolute atomic E-state index is 13.1. The fourth-order valence-electron chi connectivity index (χ4n) is 0.869. The fourth-order valence-corrected chi connectivity index (χ4v) is 0.869. The Balaban J connectivity index is 2.80. The van der Waals surface area contributed by atoms with Gasteiger partial charge in [0, 0.05) is 6.20 Å². The van der Waals surface area contributed by atoms with E-state index in [1.807, 2.05) is 0 Å². The second-order valence-corrected chi connectivity index (χ2v) is 3.68. The first-order valence-corrected chi connectivity index (χ1v) is 4.57. The number of nitrogens with one attached hydrogen (secondary N) is 2. The van der Waals surface area contributed by atoms with E-state index in [4.69, 9.17) is 0 Å². The highest BCUT2D eigenvalue weighted by Gasteiger charge is 2.25. The van der Waals surface area contributed by atoms with Crippen molar-refractivity contribution in [2.75, 3.05) is 12.4 Å². The fraction of sp³-hybridized carbons (Fsp3) is 0.400. The van der Waals surface area contributed by atoms with Gasteiger partial charge in [-0.2, -0.15) is 0 Å². The van der Waals surface area contributed by atoms with Gasteiger partial charge in [0.2, 0.25) is 5.91 Å². The molecule has 1 heterocycles. The Morgan fingerprint density at radius 3 is 2.73 bits per heavy atom. The van der Waals surface area contributed by atoms with Crippen LogP contribution in [-0.2, 0) is 4.79 Å². The molecule has 0 fully saturated rings. The maximum Gasteiger partial charge on any atom is 0.244 e. The molecule has 0 aromatic carbocycles. The molecule has 5 heteroatoms. The summed E-state index contributed by atoms with van der Waals surface area (Å²) < 4.78 is 13.1. The van der Waals surface area contributed by atoms with E-state index in [1.54, 1.807) is 20.9 Å². The molecule has 2 N–H and O–H groups in total. The summed E-state index contributed by atoms with van der Waals surface area (Å²) in [6.45, 7) is 3.42. The molecule has 1 amide bonds. The van der Waals surface area contributed by atoms with Gasteiger partial charge in [0.15, 0.2) is 5.82 Å². The van der Waals surface area contributed by atoms with Gasteiger partial charge >= 0.3 is 0 Å². The third-order valence-corrected chi connectivity index (χ3v) is 2.21. The van der Waals surface area contributed by atoms with Gasteiger partial charge in [-0.1, -0.05) is 0 Å². The van der Waals surface area contributed by atoms with Crippen molar-refractivity contribution in [2.45, 2.75) is 19.4 Å². The second kappa shape index (κ2) is 4.35. The standard InChI is InChI=1S/C10H14FN3O/c1-10(2,12-3)9(15)14-8-4-5-13-6-7(8)11/h4-6,12H,1-3H3,(H,13,14,15). The van der Waals surface area contributed by atoms with Crippen LogP contribution in [0.3, 0.4) is 0 Å². The minimum atomic E-state index is -0.740. The van der Waals surface area contributed by atoms with Crippen LogP contribution in [0.1, 0.15) is 13.8 Å². The van der Waals surface area contributed by atoms with Crippen LogP contribution in [0.15, 0.2) is 18.5 Å². The summed E-state index contributed by atoms with van der Waals surface area (Å²) in [5, 5.41) is 5.32. The molecular weight excluding hydrogens is 197 g/mol. The lowest BCUT2D eigenvalue weighted by Crippen LogP contribution is -2.48. The first-order valence-electron chi connectivity index (χ1n) is 4.57. The maximum atomic E-state index is 13.1. The molecule has 1 rings (SSSR count). The van der Waals surface area contributed by atoms with Crippen LogP contribution in [0, 0.1) is 5.82 Å². The molecule has 0 spiro atoms. The number of nitrogens with zero attached hydrogens (tertiary/aromatic N) is 1. The van der Waals surface area contributed by atoms with Gasteiger partial charge in [-0.15, -0.1) is 0 Å². The van der Waals surface area contributed by atoms with Crippen LogP contribution in [-0.4, -0.2) is 23.5 Å². The van der Waals surface area contributed by atoms with Gasteiger partial charge in [0.05, 0.1) is 17.4 Å². The molecule has 0 saturated carbocycles. The van der Waals surface area contributed by atoms with Crippen molar-refractivity contribution in [3.8, 4) is 0 Å². The highest BCUT2D eigenvalue weighted by molar-refractivity contribution is 5.97. The van der Waals surface area contributed by atoms with Gasteiger partial charge in [-0.05, 0) is 27.0 Å². The van der Waals surface area contributed by atoms with Crippen molar-refractivity contribution in [1.29, 1.82) is 0 Å². The average Bonchev–Trinajstić information content (AvgIpc) is 2.21. The molecule has 0 aliphatic carbocycles. The van der Waals surface area contributed by atoms with Crippen molar-refractivity contribution in [3.63, 3.8) is 0 Å². The van der Waals surface area contributed by atoms with Gasteiger partial charge in [0.25, 0.3) is 0 Å². The number of carbonyl (C=O) groups excluding carboxylic acids is 1. The minimum absolute atomic E-state index is 0.137. The summed E-state index contributed by atoms with van der Waals surface area (Å²) >= 11 is 0. The zero-order chi connectivity index (χ0) is 11.5. The van der Waals surface area contributed by atoms with Crippen molar-refractivity contribution in [3.05, 3.63) is 24.3 Å². The first kappa shape index (κ1) is 11.6. The SMILES string of the molecule is CNC(C)(C)C(=O)Nc1ccncc1F. The number of amides is 1. The number of halogens is 1. The van der Waals surface area contributed by atoms with Crippen molar-refractivity contribution in [2.24, 2.45) is 0 Å². The quantitative estimate of drug-likeness (QED) is 0.788. The Morgan fingerprint density at radius 1 is 1.53 bits per heavy atom. The molecule has 0 radical (unpaired) electrons. The number of rotatable bonds is 3. The smallest absolute Gasteiger partial charge is 0.244 e. The molecule has 15 heavy (non-hydrogen) atoms. The molecule has 1 aromatic rings. The first-order chi connectivity index (χ1) is 6.97. The van der Waals surface area contributed by atoms with E-state index >= 15 is 0 Å². The molecule has 0 unspecified atom stereocenters. The molecule has 4 nitrogen and oxygen atoms in total. The van der Waals surface area contributed by atoms with E-state index in [0.717, 1.165) is 6.20 Å². The molecule has 0 saturated heterocycles. The largest absolute Gasteiger partial charge is 0.322 e. The topological polar surface area (TPSA) is 54.0 Å².